The maximum absolute atomic E-state index is 13.6. The lowest BCUT2D eigenvalue weighted by Gasteiger charge is -2.24. The number of amides is 1. The second-order valence-corrected chi connectivity index (χ2v) is 8.77. The van der Waals surface area contributed by atoms with Crippen LogP contribution in [0.1, 0.15) is 0 Å². The molecule has 0 radical (unpaired) electrons. The van der Waals surface area contributed by atoms with E-state index in [-0.39, 0.29) is 22.0 Å². The monoisotopic (exact) mass is 492 g/mol. The number of hydrogen-bond acceptors (Lipinski definition) is 6. The molecule has 0 spiro atoms. The van der Waals surface area contributed by atoms with Gasteiger partial charge in [-0.1, -0.05) is 0 Å². The molecule has 3 aromatic carbocycles. The van der Waals surface area contributed by atoms with Gasteiger partial charge >= 0.3 is 0 Å². The number of hydrogen-bond donors (Lipinski definition) is 1. The van der Waals surface area contributed by atoms with Crippen molar-refractivity contribution in [3.05, 3.63) is 72.3 Å². The van der Waals surface area contributed by atoms with E-state index in [2.05, 4.69) is 5.32 Å². The fourth-order valence-corrected chi connectivity index (χ4v) is 4.51. The van der Waals surface area contributed by atoms with Crippen LogP contribution in [-0.4, -0.2) is 42.2 Å². The van der Waals surface area contributed by atoms with E-state index in [1.165, 1.54) is 51.7 Å². The summed E-state index contributed by atoms with van der Waals surface area (Å²) < 4.78 is 70.1. The van der Waals surface area contributed by atoms with Crippen molar-refractivity contribution in [2.24, 2.45) is 0 Å². The number of anilines is 2. The van der Waals surface area contributed by atoms with Crippen LogP contribution in [0.3, 0.4) is 0 Å². The Balaban J connectivity index is 1.99. The lowest BCUT2D eigenvalue weighted by Crippen LogP contribution is -2.38. The van der Waals surface area contributed by atoms with Gasteiger partial charge in [0.05, 0.1) is 31.9 Å². The van der Waals surface area contributed by atoms with Gasteiger partial charge in [0.1, 0.15) is 12.3 Å². The van der Waals surface area contributed by atoms with E-state index in [0.717, 1.165) is 22.5 Å². The predicted molar refractivity (Wildman–Crippen MR) is 122 cm³/mol. The fourth-order valence-electron chi connectivity index (χ4n) is 3.07. The van der Waals surface area contributed by atoms with Gasteiger partial charge in [-0.3, -0.25) is 9.10 Å². The highest BCUT2D eigenvalue weighted by atomic mass is 32.2. The van der Waals surface area contributed by atoms with Gasteiger partial charge in [-0.2, -0.15) is 0 Å². The van der Waals surface area contributed by atoms with Crippen molar-refractivity contribution in [3.63, 3.8) is 0 Å². The summed E-state index contributed by atoms with van der Waals surface area (Å²) in [7, 11) is -0.0299. The first kappa shape index (κ1) is 24.8. The Labute approximate surface area is 195 Å². The molecular formula is C23H22F2N2O6S. The van der Waals surface area contributed by atoms with Gasteiger partial charge in [0.2, 0.25) is 5.91 Å². The van der Waals surface area contributed by atoms with Crippen molar-refractivity contribution in [2.45, 2.75) is 4.90 Å². The highest BCUT2D eigenvalue weighted by molar-refractivity contribution is 7.92. The van der Waals surface area contributed by atoms with E-state index in [4.69, 9.17) is 14.2 Å². The van der Waals surface area contributed by atoms with E-state index in [1.807, 2.05) is 0 Å². The summed E-state index contributed by atoms with van der Waals surface area (Å²) in [4.78, 5) is 12.6. The predicted octanol–water partition coefficient (Wildman–Crippen LogP) is 3.82. The summed E-state index contributed by atoms with van der Waals surface area (Å²) in [5.74, 6) is -2.00. The van der Waals surface area contributed by atoms with E-state index >= 15 is 0 Å². The number of rotatable bonds is 9. The molecule has 0 bridgehead atoms. The van der Waals surface area contributed by atoms with Crippen LogP contribution in [0.25, 0.3) is 0 Å². The Bertz CT molecular complexity index is 1280. The molecule has 11 heteroatoms. The quantitative estimate of drug-likeness (QED) is 0.488. The summed E-state index contributed by atoms with van der Waals surface area (Å²) in [5, 5.41) is 2.38. The molecule has 180 valence electrons. The number of carbonyl (C=O) groups excluding carboxylic acids is 1. The molecule has 8 nitrogen and oxygen atoms in total. The van der Waals surface area contributed by atoms with Gasteiger partial charge in [0.15, 0.2) is 23.1 Å². The average molecular weight is 493 g/mol. The van der Waals surface area contributed by atoms with Crippen LogP contribution in [0.15, 0.2) is 65.6 Å². The van der Waals surface area contributed by atoms with Crippen LogP contribution in [0.2, 0.25) is 0 Å². The van der Waals surface area contributed by atoms with Gasteiger partial charge in [-0.15, -0.1) is 0 Å². The van der Waals surface area contributed by atoms with Crippen molar-refractivity contribution >= 4 is 27.3 Å². The number of halogens is 2. The molecule has 0 aliphatic carbocycles. The fraction of sp³-hybridized carbons (Fsp3) is 0.174. The lowest BCUT2D eigenvalue weighted by atomic mass is 10.3. The number of sulfonamides is 1. The molecule has 34 heavy (non-hydrogen) atoms. The second kappa shape index (κ2) is 10.4. The van der Waals surface area contributed by atoms with Gasteiger partial charge < -0.3 is 19.5 Å². The van der Waals surface area contributed by atoms with Crippen LogP contribution in [-0.2, 0) is 14.8 Å². The smallest absolute Gasteiger partial charge is 0.264 e. The highest BCUT2D eigenvalue weighted by Crippen LogP contribution is 2.32. The van der Waals surface area contributed by atoms with Gasteiger partial charge in [0.25, 0.3) is 10.0 Å². The van der Waals surface area contributed by atoms with E-state index < -0.39 is 34.1 Å². The standard InChI is InChI=1S/C23H22F2N2O6S/c1-31-17-7-5-16(6-8-17)27(14-23(28)26-15-4-10-19(24)20(25)12-15)34(29,30)18-9-11-21(32-2)22(13-18)33-3/h4-13H,14H2,1-3H3,(H,26,28). The molecule has 1 amide bonds. The zero-order valence-corrected chi connectivity index (χ0v) is 19.4. The van der Waals surface area contributed by atoms with Crippen LogP contribution in [0, 0.1) is 11.6 Å². The highest BCUT2D eigenvalue weighted by Gasteiger charge is 2.28. The Hall–Kier alpha value is -3.86. The molecule has 0 aliphatic rings. The Kier molecular flexibility index (Phi) is 7.57. The summed E-state index contributed by atoms with van der Waals surface area (Å²) in [6, 6.07) is 12.9. The molecule has 0 saturated heterocycles. The van der Waals surface area contributed by atoms with Gasteiger partial charge in [0, 0.05) is 17.8 Å². The summed E-state index contributed by atoms with van der Waals surface area (Å²) in [6.45, 7) is -0.651. The Morgan fingerprint density at radius 1 is 0.853 bits per heavy atom. The van der Waals surface area contributed by atoms with E-state index in [9.17, 15) is 22.0 Å². The number of ether oxygens (including phenoxy) is 3. The number of methoxy groups -OCH3 is 3. The normalized spacial score (nSPS) is 11.0. The number of carbonyl (C=O) groups is 1. The molecule has 3 rings (SSSR count). The number of nitrogens with one attached hydrogen (secondary N) is 1. The minimum absolute atomic E-state index is 0.0258. The van der Waals surface area contributed by atoms with Crippen molar-refractivity contribution in [3.8, 4) is 17.2 Å². The minimum atomic E-state index is -4.27. The third-order valence-electron chi connectivity index (χ3n) is 4.79. The molecule has 0 atom stereocenters. The summed E-state index contributed by atoms with van der Waals surface area (Å²) in [5.41, 5.74) is 0.151. The van der Waals surface area contributed by atoms with Crippen molar-refractivity contribution in [1.29, 1.82) is 0 Å². The van der Waals surface area contributed by atoms with Crippen LogP contribution >= 0.6 is 0 Å². The SMILES string of the molecule is COc1ccc(N(CC(=O)Nc2ccc(F)c(F)c2)S(=O)(=O)c2ccc(OC)c(OC)c2)cc1. The molecule has 1 N–H and O–H groups in total. The van der Waals surface area contributed by atoms with Crippen LogP contribution in [0.5, 0.6) is 17.2 Å². The maximum atomic E-state index is 13.6. The Morgan fingerprint density at radius 2 is 1.53 bits per heavy atom. The largest absolute Gasteiger partial charge is 0.497 e. The maximum Gasteiger partial charge on any atom is 0.264 e. The lowest BCUT2D eigenvalue weighted by molar-refractivity contribution is -0.114. The number of nitrogens with zero attached hydrogens (tertiary/aromatic N) is 1. The molecule has 3 aromatic rings. The first-order chi connectivity index (χ1) is 16.2. The van der Waals surface area contributed by atoms with Crippen molar-refractivity contribution in [2.75, 3.05) is 37.5 Å². The molecule has 0 unspecified atom stereocenters. The zero-order valence-electron chi connectivity index (χ0n) is 18.5. The third-order valence-corrected chi connectivity index (χ3v) is 6.56. The van der Waals surface area contributed by atoms with Crippen LogP contribution in [0.4, 0.5) is 20.2 Å². The first-order valence-corrected chi connectivity index (χ1v) is 11.3. The van der Waals surface area contributed by atoms with Crippen molar-refractivity contribution < 1.29 is 36.2 Å². The molecule has 0 aliphatic heterocycles. The molecule has 0 fully saturated rings. The van der Waals surface area contributed by atoms with Crippen molar-refractivity contribution in [1.82, 2.24) is 0 Å². The van der Waals surface area contributed by atoms with Crippen LogP contribution < -0.4 is 23.8 Å². The molecule has 0 aromatic heterocycles. The topological polar surface area (TPSA) is 94.2 Å². The minimum Gasteiger partial charge on any atom is -0.497 e. The average Bonchev–Trinajstić information content (AvgIpc) is 2.84. The summed E-state index contributed by atoms with van der Waals surface area (Å²) >= 11 is 0. The number of benzene rings is 3. The molecule has 0 saturated carbocycles. The third kappa shape index (κ3) is 5.37. The molecular weight excluding hydrogens is 470 g/mol. The van der Waals surface area contributed by atoms with Gasteiger partial charge in [-0.25, -0.2) is 17.2 Å². The zero-order chi connectivity index (χ0) is 24.9. The van der Waals surface area contributed by atoms with E-state index in [0.29, 0.717) is 11.5 Å². The van der Waals surface area contributed by atoms with E-state index in [1.54, 1.807) is 12.1 Å². The second-order valence-electron chi connectivity index (χ2n) is 6.90. The van der Waals surface area contributed by atoms with Gasteiger partial charge in [-0.05, 0) is 48.5 Å². The Morgan fingerprint density at radius 3 is 2.12 bits per heavy atom. The first-order valence-electron chi connectivity index (χ1n) is 9.83. The summed E-state index contributed by atoms with van der Waals surface area (Å²) in [6.07, 6.45) is 0. The molecule has 0 heterocycles.